The van der Waals surface area contributed by atoms with Crippen molar-refractivity contribution in [2.45, 2.75) is 45.7 Å². The fraction of sp³-hybridized carbons (Fsp3) is 0.538. The molecule has 1 unspecified atom stereocenters. The van der Waals surface area contributed by atoms with E-state index in [0.29, 0.717) is 6.04 Å². The molecule has 0 radical (unpaired) electrons. The van der Waals surface area contributed by atoms with E-state index in [1.54, 1.807) is 0 Å². The molecule has 15 heavy (non-hydrogen) atoms. The van der Waals surface area contributed by atoms with E-state index >= 15 is 0 Å². The largest absolute Gasteiger partial charge is 0.382 e. The first-order chi connectivity index (χ1) is 7.17. The summed E-state index contributed by atoms with van der Waals surface area (Å²) in [5.41, 5.74) is 8.17. The number of nitrogens with two attached hydrogens (primary N) is 1. The van der Waals surface area contributed by atoms with Crippen LogP contribution in [-0.2, 0) is 0 Å². The van der Waals surface area contributed by atoms with Crippen molar-refractivity contribution in [1.82, 2.24) is 0 Å². The molecule has 1 aromatic carbocycles. The topological polar surface area (TPSA) is 38.0 Å². The highest BCUT2D eigenvalue weighted by Gasteiger charge is 2.03. The molecule has 0 spiro atoms. The Morgan fingerprint density at radius 2 is 1.67 bits per heavy atom. The van der Waals surface area contributed by atoms with Crippen molar-refractivity contribution in [3.63, 3.8) is 0 Å². The molecule has 2 heteroatoms. The first kappa shape index (κ1) is 12.1. The first-order valence-corrected chi connectivity index (χ1v) is 5.79. The summed E-state index contributed by atoms with van der Waals surface area (Å²) in [5, 5.41) is 3.50. The molecule has 1 rings (SSSR count). The third-order valence-corrected chi connectivity index (χ3v) is 2.79. The molecule has 0 aliphatic rings. The van der Waals surface area contributed by atoms with Crippen molar-refractivity contribution < 1.29 is 0 Å². The van der Waals surface area contributed by atoms with Gasteiger partial charge in [0.2, 0.25) is 0 Å². The van der Waals surface area contributed by atoms with Crippen molar-refractivity contribution in [2.24, 2.45) is 5.73 Å². The fourth-order valence-electron chi connectivity index (χ4n) is 1.61. The SMILES string of the molecule is CCC(CC)Nc1ccc(C(C)N)cc1. The fourth-order valence-corrected chi connectivity index (χ4v) is 1.61. The summed E-state index contributed by atoms with van der Waals surface area (Å²) in [6.45, 7) is 6.41. The van der Waals surface area contributed by atoms with Gasteiger partial charge < -0.3 is 11.1 Å². The second-order valence-corrected chi connectivity index (χ2v) is 4.07. The van der Waals surface area contributed by atoms with Gasteiger partial charge in [0.15, 0.2) is 0 Å². The van der Waals surface area contributed by atoms with Gasteiger partial charge in [-0.05, 0) is 37.5 Å². The summed E-state index contributed by atoms with van der Waals surface area (Å²) in [6.07, 6.45) is 2.32. The Bertz CT molecular complexity index is 273. The van der Waals surface area contributed by atoms with Gasteiger partial charge in [-0.15, -0.1) is 0 Å². The molecule has 0 heterocycles. The van der Waals surface area contributed by atoms with Crippen LogP contribution in [0.5, 0.6) is 0 Å². The number of anilines is 1. The number of hydrogen-bond acceptors (Lipinski definition) is 2. The molecule has 0 saturated carbocycles. The molecular formula is C13H22N2. The van der Waals surface area contributed by atoms with Crippen molar-refractivity contribution >= 4 is 5.69 Å². The summed E-state index contributed by atoms with van der Waals surface area (Å²) >= 11 is 0. The van der Waals surface area contributed by atoms with Crippen molar-refractivity contribution in [2.75, 3.05) is 5.32 Å². The van der Waals surface area contributed by atoms with Gasteiger partial charge in [-0.1, -0.05) is 26.0 Å². The van der Waals surface area contributed by atoms with Crippen molar-refractivity contribution in [3.8, 4) is 0 Å². The molecule has 2 nitrogen and oxygen atoms in total. The lowest BCUT2D eigenvalue weighted by Gasteiger charge is -2.16. The predicted octanol–water partition coefficient (Wildman–Crippen LogP) is 3.31. The average Bonchev–Trinajstić information content (AvgIpc) is 2.26. The molecule has 1 aromatic rings. The van der Waals surface area contributed by atoms with Gasteiger partial charge in [-0.2, -0.15) is 0 Å². The van der Waals surface area contributed by atoms with Gasteiger partial charge >= 0.3 is 0 Å². The maximum atomic E-state index is 5.80. The molecule has 3 N–H and O–H groups in total. The Morgan fingerprint density at radius 3 is 2.07 bits per heavy atom. The highest BCUT2D eigenvalue weighted by atomic mass is 14.9. The second kappa shape index (κ2) is 5.76. The van der Waals surface area contributed by atoms with Gasteiger partial charge in [0.05, 0.1) is 0 Å². The molecule has 0 saturated heterocycles. The van der Waals surface area contributed by atoms with Crippen LogP contribution >= 0.6 is 0 Å². The smallest absolute Gasteiger partial charge is 0.0342 e. The number of rotatable bonds is 5. The quantitative estimate of drug-likeness (QED) is 0.775. The van der Waals surface area contributed by atoms with Crippen LogP contribution in [0, 0.1) is 0 Å². The zero-order chi connectivity index (χ0) is 11.3. The van der Waals surface area contributed by atoms with Gasteiger partial charge in [-0.25, -0.2) is 0 Å². The Kier molecular flexibility index (Phi) is 4.63. The number of benzene rings is 1. The lowest BCUT2D eigenvalue weighted by atomic mass is 10.1. The molecular weight excluding hydrogens is 184 g/mol. The first-order valence-electron chi connectivity index (χ1n) is 5.79. The molecule has 0 aliphatic heterocycles. The van der Waals surface area contributed by atoms with E-state index in [-0.39, 0.29) is 6.04 Å². The van der Waals surface area contributed by atoms with Crippen LogP contribution in [0.25, 0.3) is 0 Å². The summed E-state index contributed by atoms with van der Waals surface area (Å²) in [6, 6.07) is 9.09. The molecule has 0 bridgehead atoms. The van der Waals surface area contributed by atoms with E-state index in [9.17, 15) is 0 Å². The number of hydrogen-bond donors (Lipinski definition) is 2. The zero-order valence-corrected chi connectivity index (χ0v) is 9.96. The maximum absolute atomic E-state index is 5.80. The van der Waals surface area contributed by atoms with Crippen LogP contribution in [0.15, 0.2) is 24.3 Å². The van der Waals surface area contributed by atoms with E-state index < -0.39 is 0 Å². The Labute approximate surface area is 92.9 Å². The van der Waals surface area contributed by atoms with Crippen LogP contribution in [0.4, 0.5) is 5.69 Å². The zero-order valence-electron chi connectivity index (χ0n) is 9.96. The van der Waals surface area contributed by atoms with E-state index in [1.807, 2.05) is 6.92 Å². The standard InChI is InChI=1S/C13H22N2/c1-4-12(5-2)15-13-8-6-11(7-9-13)10(3)14/h6-10,12,15H,4-5,14H2,1-3H3. The minimum absolute atomic E-state index is 0.118. The Hall–Kier alpha value is -1.02. The van der Waals surface area contributed by atoms with Crippen LogP contribution in [0.2, 0.25) is 0 Å². The van der Waals surface area contributed by atoms with Crippen molar-refractivity contribution in [3.05, 3.63) is 29.8 Å². The number of nitrogens with one attached hydrogen (secondary N) is 1. The van der Waals surface area contributed by atoms with Crippen molar-refractivity contribution in [1.29, 1.82) is 0 Å². The summed E-state index contributed by atoms with van der Waals surface area (Å²) in [5.74, 6) is 0. The molecule has 1 atom stereocenters. The van der Waals surface area contributed by atoms with Crippen LogP contribution in [-0.4, -0.2) is 6.04 Å². The highest BCUT2D eigenvalue weighted by Crippen LogP contribution is 2.16. The summed E-state index contributed by atoms with van der Waals surface area (Å²) in [7, 11) is 0. The van der Waals surface area contributed by atoms with E-state index in [2.05, 4.69) is 43.4 Å². The molecule has 84 valence electrons. The normalized spacial score (nSPS) is 12.9. The summed E-state index contributed by atoms with van der Waals surface area (Å²) < 4.78 is 0. The Balaban J connectivity index is 2.63. The predicted molar refractivity (Wildman–Crippen MR) is 67.0 cm³/mol. The monoisotopic (exact) mass is 206 g/mol. The third kappa shape index (κ3) is 3.56. The van der Waals surface area contributed by atoms with Gasteiger partial charge in [-0.3, -0.25) is 0 Å². The third-order valence-electron chi connectivity index (χ3n) is 2.79. The Morgan fingerprint density at radius 1 is 1.13 bits per heavy atom. The van der Waals surface area contributed by atoms with E-state index in [1.165, 1.54) is 11.3 Å². The molecule has 0 fully saturated rings. The average molecular weight is 206 g/mol. The van der Waals surface area contributed by atoms with E-state index in [0.717, 1.165) is 12.8 Å². The minimum Gasteiger partial charge on any atom is -0.382 e. The van der Waals surface area contributed by atoms with E-state index in [4.69, 9.17) is 5.73 Å². The van der Waals surface area contributed by atoms with Gasteiger partial charge in [0.25, 0.3) is 0 Å². The molecule has 0 aliphatic carbocycles. The lowest BCUT2D eigenvalue weighted by molar-refractivity contribution is 0.671. The maximum Gasteiger partial charge on any atom is 0.0342 e. The van der Waals surface area contributed by atoms with Crippen LogP contribution in [0.3, 0.4) is 0 Å². The minimum atomic E-state index is 0.118. The van der Waals surface area contributed by atoms with Gasteiger partial charge in [0.1, 0.15) is 0 Å². The second-order valence-electron chi connectivity index (χ2n) is 4.07. The summed E-state index contributed by atoms with van der Waals surface area (Å²) in [4.78, 5) is 0. The van der Waals surface area contributed by atoms with Crippen LogP contribution in [0.1, 0.15) is 45.2 Å². The van der Waals surface area contributed by atoms with Crippen LogP contribution < -0.4 is 11.1 Å². The highest BCUT2D eigenvalue weighted by molar-refractivity contribution is 5.45. The molecule has 0 aromatic heterocycles. The lowest BCUT2D eigenvalue weighted by Crippen LogP contribution is -2.16. The van der Waals surface area contributed by atoms with Gasteiger partial charge in [0, 0.05) is 17.8 Å². The molecule has 0 amide bonds.